The van der Waals surface area contributed by atoms with Crippen LogP contribution >= 0.6 is 0 Å². The van der Waals surface area contributed by atoms with Crippen LogP contribution in [0.15, 0.2) is 30.3 Å². The van der Waals surface area contributed by atoms with Crippen molar-refractivity contribution in [2.75, 3.05) is 0 Å². The van der Waals surface area contributed by atoms with Gasteiger partial charge in [-0.25, -0.2) is 0 Å². The van der Waals surface area contributed by atoms with E-state index in [9.17, 15) is 0 Å². The second kappa shape index (κ2) is 3.51. The molecule has 0 aliphatic heterocycles. The molecule has 0 N–H and O–H groups in total. The number of hydrogen-bond donors (Lipinski definition) is 0. The first kappa shape index (κ1) is 9.63. The fourth-order valence-corrected chi connectivity index (χ4v) is 1.52. The first-order valence-corrected chi connectivity index (χ1v) is 3.90. The molecule has 0 saturated carbocycles. The zero-order valence-electron chi connectivity index (χ0n) is 7.39. The van der Waals surface area contributed by atoms with Gasteiger partial charge in [0.2, 0.25) is 0 Å². The van der Waals surface area contributed by atoms with Gasteiger partial charge >= 0.3 is 21.7 Å². The minimum Gasteiger partial charge on any atom is -0.165 e. The van der Waals surface area contributed by atoms with Crippen molar-refractivity contribution >= 4 is 10.8 Å². The predicted octanol–water partition coefficient (Wildman–Crippen LogP) is 3.17. The van der Waals surface area contributed by atoms with Gasteiger partial charge in [-0.2, -0.15) is 6.07 Å². The number of hydrogen-bond acceptors (Lipinski definition) is 0. The summed E-state index contributed by atoms with van der Waals surface area (Å²) in [6, 6.07) is 10.8. The number of benzene rings is 1. The van der Waals surface area contributed by atoms with Crippen molar-refractivity contribution in [1.82, 2.24) is 0 Å². The van der Waals surface area contributed by atoms with E-state index in [1.54, 1.807) is 0 Å². The van der Waals surface area contributed by atoms with Gasteiger partial charge in [-0.15, -0.1) is 40.1 Å². The Bertz CT molecular complexity index is 385. The van der Waals surface area contributed by atoms with Gasteiger partial charge in [-0.1, -0.05) is 19.9 Å². The molecule has 2 aromatic carbocycles. The van der Waals surface area contributed by atoms with E-state index in [0.29, 0.717) is 0 Å². The quantitative estimate of drug-likeness (QED) is 0.443. The number of aryl methyl sites for hydroxylation is 2. The zero-order valence-corrected chi connectivity index (χ0v) is 8.95. The molecule has 0 unspecified atom stereocenters. The molecule has 0 nitrogen and oxygen atoms in total. The van der Waals surface area contributed by atoms with Crippen LogP contribution in [0.2, 0.25) is 0 Å². The summed E-state index contributed by atoms with van der Waals surface area (Å²) in [4.78, 5) is 0. The van der Waals surface area contributed by atoms with Crippen LogP contribution in [0.3, 0.4) is 0 Å². The van der Waals surface area contributed by atoms with E-state index in [1.165, 1.54) is 21.9 Å². The van der Waals surface area contributed by atoms with Gasteiger partial charge in [-0.3, -0.25) is 0 Å². The summed E-state index contributed by atoms with van der Waals surface area (Å²) in [7, 11) is 0. The van der Waals surface area contributed by atoms with Crippen LogP contribution in [0.4, 0.5) is 0 Å². The fourth-order valence-electron chi connectivity index (χ4n) is 1.52. The Kier molecular flexibility index (Phi) is 2.82. The van der Waals surface area contributed by atoms with Gasteiger partial charge in [0.15, 0.2) is 0 Å². The Morgan fingerprint density at radius 1 is 1.17 bits per heavy atom. The van der Waals surface area contributed by atoms with Crippen molar-refractivity contribution in [2.24, 2.45) is 0 Å². The third kappa shape index (κ3) is 1.37. The van der Waals surface area contributed by atoms with E-state index in [0.717, 1.165) is 0 Å². The minimum absolute atomic E-state index is 0. The first-order valence-electron chi connectivity index (χ1n) is 3.90. The molecule has 2 rings (SSSR count). The van der Waals surface area contributed by atoms with Crippen molar-refractivity contribution < 1.29 is 21.7 Å². The predicted molar refractivity (Wildman–Crippen MR) is 49.0 cm³/mol. The molecule has 12 heavy (non-hydrogen) atoms. The molecule has 0 aliphatic rings. The summed E-state index contributed by atoms with van der Waals surface area (Å²) in [5.41, 5.74) is 2.81. The average Bonchev–Trinajstić information content (AvgIpc) is 2.30. The maximum Gasteiger partial charge on any atom is 2.00 e. The fraction of sp³-hybridized carbons (Fsp3) is 0.182. The molecule has 0 heterocycles. The van der Waals surface area contributed by atoms with Crippen LogP contribution in [0.5, 0.6) is 0 Å². The Balaban J connectivity index is 0.000000720. The third-order valence-corrected chi connectivity index (χ3v) is 2.33. The van der Waals surface area contributed by atoms with Crippen molar-refractivity contribution in [2.45, 2.75) is 13.8 Å². The van der Waals surface area contributed by atoms with E-state index >= 15 is 0 Å². The Morgan fingerprint density at radius 3 is 2.50 bits per heavy atom. The second-order valence-corrected chi connectivity index (χ2v) is 3.04. The normalized spacial score (nSPS) is 9.83. The second-order valence-electron chi connectivity index (χ2n) is 3.04. The molecule has 2 aromatic rings. The Morgan fingerprint density at radius 2 is 1.83 bits per heavy atom. The summed E-state index contributed by atoms with van der Waals surface area (Å²) in [5, 5.41) is 2.76. The van der Waals surface area contributed by atoms with E-state index in [-0.39, 0.29) is 21.7 Å². The molecule has 0 spiro atoms. The van der Waals surface area contributed by atoms with Gasteiger partial charge < -0.3 is 0 Å². The van der Waals surface area contributed by atoms with Gasteiger partial charge in [0.05, 0.1) is 0 Å². The largest absolute Gasteiger partial charge is 2.00 e. The Labute approximate surface area is 87.8 Å². The van der Waals surface area contributed by atoms with Crippen molar-refractivity contribution in [3.05, 3.63) is 41.5 Å². The Hall–Kier alpha value is -0.456. The molecular weight excluding hydrogens is 180 g/mol. The van der Waals surface area contributed by atoms with Crippen molar-refractivity contribution in [3.8, 4) is 0 Å². The van der Waals surface area contributed by atoms with Gasteiger partial charge in [-0.05, 0) is 0 Å². The molecule has 0 bridgehead atoms. The zero-order chi connectivity index (χ0) is 7.84. The van der Waals surface area contributed by atoms with Crippen LogP contribution in [-0.4, -0.2) is 0 Å². The molecule has 0 fully saturated rings. The maximum absolute atomic E-state index is 2.24. The molecule has 0 atom stereocenters. The molecule has 0 amide bonds. The first-order chi connectivity index (χ1) is 5.29. The van der Waals surface area contributed by atoms with Gasteiger partial charge in [0, 0.05) is 0 Å². The summed E-state index contributed by atoms with van der Waals surface area (Å²) in [5.74, 6) is 0. The SMILES string of the molecule is Cc1cc2ccccc2[c-]1C.[Ti+2]. The van der Waals surface area contributed by atoms with Crippen LogP contribution in [0.1, 0.15) is 11.1 Å². The summed E-state index contributed by atoms with van der Waals surface area (Å²) < 4.78 is 0. The van der Waals surface area contributed by atoms with Crippen LogP contribution in [-0.2, 0) is 21.7 Å². The van der Waals surface area contributed by atoms with E-state index < -0.39 is 0 Å². The van der Waals surface area contributed by atoms with Gasteiger partial charge in [0.1, 0.15) is 0 Å². The maximum atomic E-state index is 2.24. The van der Waals surface area contributed by atoms with Crippen molar-refractivity contribution in [1.29, 1.82) is 0 Å². The molecule has 0 radical (unpaired) electrons. The summed E-state index contributed by atoms with van der Waals surface area (Å²) >= 11 is 0. The standard InChI is InChI=1S/C11H11.Ti/c1-8-7-10-5-3-4-6-11(10)9(8)2;/h3-7H,1-2H3;/q-1;+2. The van der Waals surface area contributed by atoms with E-state index in [1.807, 2.05) is 0 Å². The van der Waals surface area contributed by atoms with Gasteiger partial charge in [0.25, 0.3) is 0 Å². The van der Waals surface area contributed by atoms with Crippen LogP contribution < -0.4 is 0 Å². The molecule has 0 aliphatic carbocycles. The van der Waals surface area contributed by atoms with Crippen molar-refractivity contribution in [3.63, 3.8) is 0 Å². The summed E-state index contributed by atoms with van der Waals surface area (Å²) in [6.07, 6.45) is 0. The topological polar surface area (TPSA) is 0 Å². The average molecular weight is 191 g/mol. The number of fused-ring (bicyclic) bond motifs is 1. The molecule has 0 saturated heterocycles. The molecular formula is C11H11Ti+. The van der Waals surface area contributed by atoms with E-state index in [4.69, 9.17) is 0 Å². The minimum atomic E-state index is 0. The summed E-state index contributed by atoms with van der Waals surface area (Å²) in [6.45, 7) is 4.34. The smallest absolute Gasteiger partial charge is 0.165 e. The molecule has 1 heteroatoms. The van der Waals surface area contributed by atoms with E-state index in [2.05, 4.69) is 44.2 Å². The molecule has 58 valence electrons. The van der Waals surface area contributed by atoms with Crippen LogP contribution in [0, 0.1) is 13.8 Å². The monoisotopic (exact) mass is 191 g/mol. The van der Waals surface area contributed by atoms with Crippen LogP contribution in [0.25, 0.3) is 10.8 Å². The third-order valence-electron chi connectivity index (χ3n) is 2.33. The molecule has 0 aromatic heterocycles. The number of rotatable bonds is 0.